The van der Waals surface area contributed by atoms with E-state index in [0.29, 0.717) is 0 Å². The van der Waals surface area contributed by atoms with E-state index in [1.807, 2.05) is 0 Å². The first-order chi connectivity index (χ1) is 7.02. The number of carbonyl (C=O) groups excluding carboxylic acids is 2. The number of amides is 2. The van der Waals surface area contributed by atoms with Crippen LogP contribution in [0.2, 0.25) is 0 Å². The van der Waals surface area contributed by atoms with Gasteiger partial charge in [0.25, 0.3) is 0 Å². The summed E-state index contributed by atoms with van der Waals surface area (Å²) in [7, 11) is 0. The van der Waals surface area contributed by atoms with Gasteiger partial charge in [-0.1, -0.05) is 12.2 Å². The minimum Gasteiger partial charge on any atom is -0.393 e. The lowest BCUT2D eigenvalue weighted by Crippen LogP contribution is -2.42. The molecule has 0 aromatic carbocycles. The highest BCUT2D eigenvalue weighted by Gasteiger charge is 2.69. The Kier molecular flexibility index (Phi) is 1.39. The molecule has 0 aromatic rings. The highest BCUT2D eigenvalue weighted by Crippen LogP contribution is 2.55. The summed E-state index contributed by atoms with van der Waals surface area (Å²) in [4.78, 5) is 23.2. The molecule has 0 aliphatic carbocycles. The van der Waals surface area contributed by atoms with Crippen molar-refractivity contribution in [1.82, 2.24) is 5.32 Å². The topological polar surface area (TPSA) is 75.6 Å². The molecule has 3 aliphatic heterocycles. The Morgan fingerprint density at radius 1 is 1.40 bits per heavy atom. The number of fused-ring (bicyclic) bond motifs is 5. The van der Waals surface area contributed by atoms with Gasteiger partial charge in [0.15, 0.2) is 0 Å². The largest absolute Gasteiger partial charge is 0.393 e. The third kappa shape index (κ3) is 0.815. The van der Waals surface area contributed by atoms with Gasteiger partial charge in [-0.15, -0.1) is 0 Å². The first-order valence-corrected chi connectivity index (χ1v) is 4.88. The minimum atomic E-state index is -0.990. The van der Waals surface area contributed by atoms with Crippen molar-refractivity contribution in [1.29, 1.82) is 0 Å². The smallest absolute Gasteiger partial charge is 0.233 e. The van der Waals surface area contributed by atoms with Crippen LogP contribution in [-0.2, 0) is 14.3 Å². The fraction of sp³-hybridized carbons (Fsp3) is 0.600. The van der Waals surface area contributed by atoms with Crippen molar-refractivity contribution in [2.75, 3.05) is 6.61 Å². The van der Waals surface area contributed by atoms with Crippen LogP contribution in [-0.4, -0.2) is 34.7 Å². The minimum absolute atomic E-state index is 0.277. The van der Waals surface area contributed by atoms with Crippen molar-refractivity contribution < 1.29 is 19.4 Å². The molecular weight excluding hydrogens is 198 g/mol. The maximum absolute atomic E-state index is 11.6. The van der Waals surface area contributed by atoms with Crippen molar-refractivity contribution in [3.05, 3.63) is 12.2 Å². The van der Waals surface area contributed by atoms with Crippen LogP contribution in [0.5, 0.6) is 0 Å². The molecule has 3 rings (SSSR count). The normalized spacial score (nSPS) is 51.1. The molecule has 2 bridgehead atoms. The zero-order chi connectivity index (χ0) is 10.8. The molecule has 2 amide bonds. The van der Waals surface area contributed by atoms with Crippen LogP contribution in [0.4, 0.5) is 0 Å². The van der Waals surface area contributed by atoms with Crippen LogP contribution in [0.15, 0.2) is 12.2 Å². The summed E-state index contributed by atoms with van der Waals surface area (Å²) in [6.45, 7) is 1.49. The first-order valence-electron chi connectivity index (χ1n) is 4.88. The number of hydrogen-bond acceptors (Lipinski definition) is 4. The van der Waals surface area contributed by atoms with Gasteiger partial charge < -0.3 is 9.84 Å². The monoisotopic (exact) mass is 209 g/mol. The molecule has 0 unspecified atom stereocenters. The SMILES string of the molecule is C[C@]12C=C[C@@](CO)(O1)[C@@H]1C(=O)NC(=O)[C@@H]12. The van der Waals surface area contributed by atoms with Crippen molar-refractivity contribution in [2.45, 2.75) is 18.1 Å². The Morgan fingerprint density at radius 2 is 2.07 bits per heavy atom. The molecule has 0 spiro atoms. The summed E-state index contributed by atoms with van der Waals surface area (Å²) in [5, 5.41) is 11.6. The zero-order valence-corrected chi connectivity index (χ0v) is 8.19. The predicted molar refractivity (Wildman–Crippen MR) is 48.6 cm³/mol. The molecule has 0 aromatic heterocycles. The number of imide groups is 1. The van der Waals surface area contributed by atoms with E-state index in [9.17, 15) is 14.7 Å². The second kappa shape index (κ2) is 2.31. The van der Waals surface area contributed by atoms with E-state index in [4.69, 9.17) is 4.74 Å². The molecular formula is C10H11NO4. The molecule has 2 saturated heterocycles. The first kappa shape index (κ1) is 9.06. The van der Waals surface area contributed by atoms with Gasteiger partial charge in [0, 0.05) is 0 Å². The summed E-state index contributed by atoms with van der Waals surface area (Å²) in [6, 6.07) is 0. The molecule has 0 saturated carbocycles. The second-order valence-electron chi connectivity index (χ2n) is 4.54. The summed E-state index contributed by atoms with van der Waals surface area (Å²) in [5.74, 6) is -1.72. The molecule has 3 aliphatic rings. The highest BCUT2D eigenvalue weighted by molar-refractivity contribution is 6.07. The maximum Gasteiger partial charge on any atom is 0.233 e. The van der Waals surface area contributed by atoms with Gasteiger partial charge in [-0.2, -0.15) is 0 Å². The number of nitrogens with one attached hydrogen (secondary N) is 1. The molecule has 2 fully saturated rings. The van der Waals surface area contributed by atoms with Crippen molar-refractivity contribution in [3.8, 4) is 0 Å². The molecule has 3 heterocycles. The van der Waals surface area contributed by atoms with Gasteiger partial charge in [0.05, 0.1) is 24.0 Å². The third-order valence-corrected chi connectivity index (χ3v) is 3.64. The summed E-state index contributed by atoms with van der Waals surface area (Å²) < 4.78 is 5.66. The van der Waals surface area contributed by atoms with Crippen LogP contribution < -0.4 is 5.32 Å². The molecule has 5 nitrogen and oxygen atoms in total. The Bertz CT molecular complexity index is 404. The Hall–Kier alpha value is -1.20. The van der Waals surface area contributed by atoms with Gasteiger partial charge >= 0.3 is 0 Å². The number of rotatable bonds is 1. The van der Waals surface area contributed by atoms with E-state index in [2.05, 4.69) is 5.32 Å². The lowest BCUT2D eigenvalue weighted by Gasteiger charge is -2.24. The molecule has 15 heavy (non-hydrogen) atoms. The zero-order valence-electron chi connectivity index (χ0n) is 8.19. The molecule has 5 heteroatoms. The lowest BCUT2D eigenvalue weighted by molar-refractivity contribution is -0.134. The second-order valence-corrected chi connectivity index (χ2v) is 4.54. The average Bonchev–Trinajstić information content (AvgIpc) is 2.75. The van der Waals surface area contributed by atoms with Gasteiger partial charge in [0.2, 0.25) is 11.8 Å². The van der Waals surface area contributed by atoms with Crippen LogP contribution in [0, 0.1) is 11.8 Å². The van der Waals surface area contributed by atoms with Crippen LogP contribution in [0.3, 0.4) is 0 Å². The fourth-order valence-corrected chi connectivity index (χ4v) is 2.98. The predicted octanol–water partition coefficient (Wildman–Crippen LogP) is -1.03. The van der Waals surface area contributed by atoms with Crippen molar-refractivity contribution in [2.24, 2.45) is 11.8 Å². The van der Waals surface area contributed by atoms with E-state index < -0.39 is 23.0 Å². The average molecular weight is 209 g/mol. The van der Waals surface area contributed by atoms with E-state index in [0.717, 1.165) is 0 Å². The summed E-state index contributed by atoms with van der Waals surface area (Å²) in [5.41, 5.74) is -1.74. The summed E-state index contributed by atoms with van der Waals surface area (Å²) >= 11 is 0. The van der Waals surface area contributed by atoms with E-state index in [1.165, 1.54) is 0 Å². The van der Waals surface area contributed by atoms with Crippen LogP contribution >= 0.6 is 0 Å². The van der Waals surface area contributed by atoms with Gasteiger partial charge in [0.1, 0.15) is 5.60 Å². The maximum atomic E-state index is 11.6. The van der Waals surface area contributed by atoms with Gasteiger partial charge in [-0.05, 0) is 6.92 Å². The van der Waals surface area contributed by atoms with Crippen LogP contribution in [0.1, 0.15) is 6.92 Å². The van der Waals surface area contributed by atoms with Gasteiger partial charge in [-0.3, -0.25) is 14.9 Å². The van der Waals surface area contributed by atoms with Crippen molar-refractivity contribution in [3.63, 3.8) is 0 Å². The standard InChI is InChI=1S/C10H11NO4/c1-9-2-3-10(4-12,15-9)6-5(9)7(13)11-8(6)14/h2-3,5-6,12H,4H2,1H3,(H,11,13,14)/t5-,6+,9-,10+/m1/s1. The van der Waals surface area contributed by atoms with E-state index >= 15 is 0 Å². The number of aliphatic hydroxyl groups excluding tert-OH is 1. The Labute approximate surface area is 86.1 Å². The summed E-state index contributed by atoms with van der Waals surface area (Å²) in [6.07, 6.45) is 3.47. The number of hydrogen-bond donors (Lipinski definition) is 2. The number of aliphatic hydroxyl groups is 1. The third-order valence-electron chi connectivity index (χ3n) is 3.64. The molecule has 4 atom stereocenters. The molecule has 2 N–H and O–H groups in total. The lowest BCUT2D eigenvalue weighted by atomic mass is 9.73. The molecule has 0 radical (unpaired) electrons. The fourth-order valence-electron chi connectivity index (χ4n) is 2.98. The van der Waals surface area contributed by atoms with E-state index in [1.54, 1.807) is 19.1 Å². The van der Waals surface area contributed by atoms with E-state index in [-0.39, 0.29) is 18.4 Å². The van der Waals surface area contributed by atoms with Crippen molar-refractivity contribution >= 4 is 11.8 Å². The highest BCUT2D eigenvalue weighted by atomic mass is 16.5. The van der Waals surface area contributed by atoms with Gasteiger partial charge in [-0.25, -0.2) is 0 Å². The number of ether oxygens (including phenoxy) is 1. The number of carbonyl (C=O) groups is 2. The Morgan fingerprint density at radius 3 is 2.73 bits per heavy atom. The molecule has 80 valence electrons. The van der Waals surface area contributed by atoms with Crippen LogP contribution in [0.25, 0.3) is 0 Å². The quantitative estimate of drug-likeness (QED) is 0.427. The Balaban J connectivity index is 2.16.